The van der Waals surface area contributed by atoms with Gasteiger partial charge in [0.25, 0.3) is 0 Å². The second-order valence-corrected chi connectivity index (χ2v) is 11.7. The first-order valence-electron chi connectivity index (χ1n) is 5.78. The average Bonchev–Trinajstić information content (AvgIpc) is 2.37. The smallest absolute Gasteiger partial charge is 0.420 e. The maximum Gasteiger partial charge on any atom is 0.499 e. The number of rotatable bonds is 9. The molecule has 0 aliphatic carbocycles. The van der Waals surface area contributed by atoms with E-state index in [1.807, 2.05) is 7.11 Å². The van der Waals surface area contributed by atoms with Crippen LogP contribution in [0.25, 0.3) is 0 Å². The van der Waals surface area contributed by atoms with E-state index < -0.39 is 17.1 Å². The van der Waals surface area contributed by atoms with E-state index in [1.165, 1.54) is 0 Å². The Labute approximate surface area is 102 Å². The molecule has 16 heavy (non-hydrogen) atoms. The fourth-order valence-corrected chi connectivity index (χ4v) is 8.08. The molecule has 0 bridgehead atoms. The normalized spacial score (nSPS) is 13.1. The maximum atomic E-state index is 5.76. The van der Waals surface area contributed by atoms with E-state index in [4.69, 9.17) is 17.7 Å². The van der Waals surface area contributed by atoms with Gasteiger partial charge in [-0.05, 0) is 18.1 Å². The van der Waals surface area contributed by atoms with Gasteiger partial charge in [-0.3, -0.25) is 0 Å². The van der Waals surface area contributed by atoms with E-state index in [0.717, 1.165) is 24.2 Å². The molecule has 0 atom stereocenters. The molecule has 0 fully saturated rings. The van der Waals surface area contributed by atoms with Crippen LogP contribution in [0.1, 0.15) is 13.8 Å². The Morgan fingerprint density at radius 2 is 1.12 bits per heavy atom. The Kier molecular flexibility index (Phi) is 7.70. The van der Waals surface area contributed by atoms with Crippen molar-refractivity contribution < 1.29 is 17.7 Å². The predicted molar refractivity (Wildman–Crippen MR) is 70.1 cm³/mol. The zero-order valence-corrected chi connectivity index (χ0v) is 13.5. The molecule has 0 aromatic rings. The third kappa shape index (κ3) is 3.94. The molecule has 98 valence electrons. The van der Waals surface area contributed by atoms with E-state index >= 15 is 0 Å². The lowest BCUT2D eigenvalue weighted by atomic mass is 10.9. The van der Waals surface area contributed by atoms with Crippen molar-refractivity contribution in [3.63, 3.8) is 0 Å². The first-order chi connectivity index (χ1) is 7.57. The first kappa shape index (κ1) is 16.3. The fourth-order valence-electron chi connectivity index (χ4n) is 1.93. The predicted octanol–water partition coefficient (Wildman–Crippen LogP) is 2.50. The molecule has 0 unspecified atom stereocenters. The van der Waals surface area contributed by atoms with E-state index in [9.17, 15) is 0 Å². The third-order valence-corrected chi connectivity index (χ3v) is 11.4. The van der Waals surface area contributed by atoms with Crippen LogP contribution >= 0.6 is 0 Å². The lowest BCUT2D eigenvalue weighted by Crippen LogP contribution is -2.46. The van der Waals surface area contributed by atoms with Gasteiger partial charge in [-0.25, -0.2) is 0 Å². The topological polar surface area (TPSA) is 36.9 Å². The minimum atomic E-state index is -2.42. The Morgan fingerprint density at radius 1 is 0.688 bits per heavy atom. The Hall–Kier alpha value is 0.274. The van der Waals surface area contributed by atoms with E-state index in [1.54, 1.807) is 21.3 Å². The van der Waals surface area contributed by atoms with Crippen molar-refractivity contribution >= 4 is 17.1 Å². The lowest BCUT2D eigenvalue weighted by Gasteiger charge is -2.31. The van der Waals surface area contributed by atoms with Crippen molar-refractivity contribution in [1.82, 2.24) is 0 Å². The van der Waals surface area contributed by atoms with Crippen molar-refractivity contribution in [3.05, 3.63) is 0 Å². The van der Waals surface area contributed by atoms with E-state index in [0.29, 0.717) is 0 Å². The van der Waals surface area contributed by atoms with Crippen LogP contribution in [0.15, 0.2) is 0 Å². The molecule has 0 spiro atoms. The van der Waals surface area contributed by atoms with Crippen LogP contribution in [0, 0.1) is 0 Å². The van der Waals surface area contributed by atoms with Crippen LogP contribution in [0.2, 0.25) is 24.2 Å². The Balaban J connectivity index is 4.48. The second-order valence-electron chi connectivity index (χ2n) is 3.89. The molecular weight excluding hydrogens is 240 g/mol. The first-order valence-corrected chi connectivity index (χ1v) is 10.2. The van der Waals surface area contributed by atoms with Crippen molar-refractivity contribution in [2.75, 3.05) is 28.4 Å². The summed E-state index contributed by atoms with van der Waals surface area (Å²) < 4.78 is 22.0. The zero-order valence-electron chi connectivity index (χ0n) is 11.5. The summed E-state index contributed by atoms with van der Waals surface area (Å²) in [5.41, 5.74) is 0. The summed E-state index contributed by atoms with van der Waals surface area (Å²) in [6.07, 6.45) is 0. The molecule has 0 aromatic carbocycles. The summed E-state index contributed by atoms with van der Waals surface area (Å²) in [7, 11) is 2.81. The van der Waals surface area contributed by atoms with Crippen LogP contribution in [0.3, 0.4) is 0 Å². The molecule has 6 heteroatoms. The molecule has 4 nitrogen and oxygen atoms in total. The third-order valence-electron chi connectivity index (χ3n) is 3.54. The Morgan fingerprint density at radius 3 is 1.38 bits per heavy atom. The summed E-state index contributed by atoms with van der Waals surface area (Å²) in [6.45, 7) is 4.41. The van der Waals surface area contributed by atoms with Gasteiger partial charge < -0.3 is 17.7 Å². The summed E-state index contributed by atoms with van der Waals surface area (Å²) in [6, 6.07) is 4.14. The molecule has 0 heterocycles. The summed E-state index contributed by atoms with van der Waals surface area (Å²) in [5.74, 6) is 0. The van der Waals surface area contributed by atoms with Gasteiger partial charge in [-0.15, -0.1) is 0 Å². The van der Waals surface area contributed by atoms with Crippen LogP contribution in [-0.2, 0) is 17.7 Å². The summed E-state index contributed by atoms with van der Waals surface area (Å²) in [5, 5.41) is 0. The van der Waals surface area contributed by atoms with Gasteiger partial charge in [0.2, 0.25) is 0 Å². The minimum absolute atomic E-state index is 0.845. The van der Waals surface area contributed by atoms with Crippen LogP contribution in [0.4, 0.5) is 0 Å². The highest BCUT2D eigenvalue weighted by atomic mass is 28.4. The molecule has 0 radical (unpaired) electrons. The average molecular weight is 266 g/mol. The minimum Gasteiger partial charge on any atom is -0.420 e. The van der Waals surface area contributed by atoms with Gasteiger partial charge in [0, 0.05) is 34.5 Å². The summed E-state index contributed by atoms with van der Waals surface area (Å²) >= 11 is 0. The molecule has 0 aliphatic heterocycles. The van der Waals surface area contributed by atoms with Crippen LogP contribution in [-0.4, -0.2) is 45.6 Å². The van der Waals surface area contributed by atoms with Crippen molar-refractivity contribution in [3.8, 4) is 0 Å². The monoisotopic (exact) mass is 266 g/mol. The highest BCUT2D eigenvalue weighted by Gasteiger charge is 2.41. The Bertz CT molecular complexity index is 145. The van der Waals surface area contributed by atoms with E-state index in [-0.39, 0.29) is 0 Å². The standard InChI is InChI=1S/C10H26O4Si2/c1-7-15(8-2,11-3)9-10-16(12-4,13-5)14-6/h7-10H2,1-6H3. The van der Waals surface area contributed by atoms with Gasteiger partial charge in [0.05, 0.1) is 0 Å². The van der Waals surface area contributed by atoms with Crippen LogP contribution < -0.4 is 0 Å². The van der Waals surface area contributed by atoms with Gasteiger partial charge in [-0.1, -0.05) is 13.8 Å². The number of hydrogen-bond donors (Lipinski definition) is 0. The molecule has 0 amide bonds. The molecule has 0 aliphatic rings. The van der Waals surface area contributed by atoms with Crippen molar-refractivity contribution in [2.24, 2.45) is 0 Å². The highest BCUT2D eigenvalue weighted by Crippen LogP contribution is 2.27. The summed E-state index contributed by atoms with van der Waals surface area (Å²) in [4.78, 5) is 0. The molecule has 0 saturated carbocycles. The molecule has 0 saturated heterocycles. The van der Waals surface area contributed by atoms with Crippen molar-refractivity contribution in [1.29, 1.82) is 0 Å². The van der Waals surface area contributed by atoms with Crippen molar-refractivity contribution in [2.45, 2.75) is 38.0 Å². The lowest BCUT2D eigenvalue weighted by molar-refractivity contribution is 0.124. The van der Waals surface area contributed by atoms with Crippen LogP contribution in [0.5, 0.6) is 0 Å². The second kappa shape index (κ2) is 7.57. The fraction of sp³-hybridized carbons (Fsp3) is 1.00. The molecular formula is C10H26O4Si2. The number of hydrogen-bond acceptors (Lipinski definition) is 4. The maximum absolute atomic E-state index is 5.76. The van der Waals surface area contributed by atoms with Gasteiger partial charge in [0.15, 0.2) is 8.32 Å². The van der Waals surface area contributed by atoms with E-state index in [2.05, 4.69) is 13.8 Å². The molecule has 0 N–H and O–H groups in total. The zero-order chi connectivity index (χ0) is 12.7. The highest BCUT2D eigenvalue weighted by molar-refractivity contribution is 6.75. The SMILES string of the molecule is CC[Si](CC)(CC[Si](OC)(OC)OC)OC. The van der Waals surface area contributed by atoms with Gasteiger partial charge >= 0.3 is 8.80 Å². The van der Waals surface area contributed by atoms with Gasteiger partial charge in [-0.2, -0.15) is 0 Å². The molecule has 0 aromatic heterocycles. The van der Waals surface area contributed by atoms with Gasteiger partial charge in [0.1, 0.15) is 0 Å². The quantitative estimate of drug-likeness (QED) is 0.601. The molecule has 0 rings (SSSR count). The largest absolute Gasteiger partial charge is 0.499 e.